The number of hydrogen-bond donors (Lipinski definition) is 2. The Bertz CT molecular complexity index is 567. The molecular weight excluding hydrogens is 301 g/mol. The van der Waals surface area contributed by atoms with Gasteiger partial charge in [0.2, 0.25) is 11.8 Å². The number of carbonyl (C=O) groups excluding carboxylic acids is 2. The van der Waals surface area contributed by atoms with E-state index in [9.17, 15) is 14.0 Å². The van der Waals surface area contributed by atoms with Gasteiger partial charge in [0.1, 0.15) is 12.4 Å². The molecule has 2 N–H and O–H groups in total. The molecule has 1 saturated heterocycles. The number of carbonyl (C=O) groups is 2. The van der Waals surface area contributed by atoms with Crippen LogP contribution < -0.4 is 10.6 Å². The molecule has 0 spiro atoms. The van der Waals surface area contributed by atoms with Crippen molar-refractivity contribution in [3.05, 3.63) is 35.6 Å². The minimum absolute atomic E-state index is 0.00433. The fourth-order valence-electron chi connectivity index (χ4n) is 2.75. The van der Waals surface area contributed by atoms with Gasteiger partial charge in [-0.05, 0) is 19.5 Å². The lowest BCUT2D eigenvalue weighted by Gasteiger charge is -2.18. The zero-order valence-corrected chi connectivity index (χ0v) is 13.3. The third kappa shape index (κ3) is 4.74. The van der Waals surface area contributed by atoms with Crippen LogP contribution in [-0.2, 0) is 20.9 Å². The van der Waals surface area contributed by atoms with Crippen LogP contribution in [0.1, 0.15) is 12.0 Å². The Kier molecular flexibility index (Phi) is 6.06. The average Bonchev–Trinajstić information content (AvgIpc) is 2.87. The molecule has 7 heteroatoms. The Morgan fingerprint density at radius 1 is 1.39 bits per heavy atom. The molecule has 2 amide bonds. The van der Waals surface area contributed by atoms with E-state index >= 15 is 0 Å². The summed E-state index contributed by atoms with van der Waals surface area (Å²) in [4.78, 5) is 25.7. The van der Waals surface area contributed by atoms with Gasteiger partial charge in [0, 0.05) is 31.8 Å². The zero-order chi connectivity index (χ0) is 16.8. The maximum Gasteiger partial charge on any atom is 0.246 e. The van der Waals surface area contributed by atoms with Gasteiger partial charge in [-0.3, -0.25) is 14.5 Å². The van der Waals surface area contributed by atoms with Gasteiger partial charge >= 0.3 is 0 Å². The number of likely N-dealkylation sites (N-methyl/N-ethyl adjacent to an activating group) is 1. The van der Waals surface area contributed by atoms with Gasteiger partial charge < -0.3 is 15.4 Å². The van der Waals surface area contributed by atoms with Gasteiger partial charge in [-0.2, -0.15) is 0 Å². The summed E-state index contributed by atoms with van der Waals surface area (Å²) < 4.78 is 18.3. The predicted molar refractivity (Wildman–Crippen MR) is 83.1 cm³/mol. The second-order valence-corrected chi connectivity index (χ2v) is 5.70. The van der Waals surface area contributed by atoms with Crippen LogP contribution in [0.4, 0.5) is 4.39 Å². The summed E-state index contributed by atoms with van der Waals surface area (Å²) in [5, 5.41) is 5.59. The van der Waals surface area contributed by atoms with E-state index < -0.39 is 0 Å². The van der Waals surface area contributed by atoms with Crippen molar-refractivity contribution in [2.24, 2.45) is 0 Å². The summed E-state index contributed by atoms with van der Waals surface area (Å²) in [6.45, 7) is 0.744. The summed E-state index contributed by atoms with van der Waals surface area (Å²) in [5.74, 6) is -0.699. The second kappa shape index (κ2) is 8.03. The van der Waals surface area contributed by atoms with Crippen LogP contribution in [0.2, 0.25) is 0 Å². The molecule has 126 valence electrons. The van der Waals surface area contributed by atoms with Crippen molar-refractivity contribution in [3.8, 4) is 0 Å². The first-order valence-electron chi connectivity index (χ1n) is 7.51. The number of nitrogens with one attached hydrogen (secondary N) is 2. The zero-order valence-electron chi connectivity index (χ0n) is 13.3. The molecule has 6 nitrogen and oxygen atoms in total. The Hall–Kier alpha value is -1.99. The van der Waals surface area contributed by atoms with Crippen molar-refractivity contribution in [2.45, 2.75) is 25.0 Å². The van der Waals surface area contributed by atoms with Gasteiger partial charge in [-0.25, -0.2) is 4.39 Å². The fourth-order valence-corrected chi connectivity index (χ4v) is 2.75. The van der Waals surface area contributed by atoms with Crippen LogP contribution in [0, 0.1) is 5.82 Å². The standard InChI is InChI=1S/C16H22FN3O3/c1-20-9-12(19-15(21)10-23-2)7-14(20)16(22)18-8-11-5-3-4-6-13(11)17/h3-6,12,14H,7-10H2,1-2H3,(H,18,22)(H,19,21)/t12-,14-/m0/s1. The molecule has 0 radical (unpaired) electrons. The molecule has 1 heterocycles. The van der Waals surface area contributed by atoms with Gasteiger partial charge in [-0.1, -0.05) is 18.2 Å². The summed E-state index contributed by atoms with van der Waals surface area (Å²) in [6, 6.07) is 5.92. The van der Waals surface area contributed by atoms with Crippen molar-refractivity contribution in [3.63, 3.8) is 0 Å². The van der Waals surface area contributed by atoms with Gasteiger partial charge in [-0.15, -0.1) is 0 Å². The minimum Gasteiger partial charge on any atom is -0.375 e. The fraction of sp³-hybridized carbons (Fsp3) is 0.500. The molecule has 0 aromatic heterocycles. The van der Waals surface area contributed by atoms with E-state index in [1.54, 1.807) is 18.2 Å². The number of benzene rings is 1. The molecular formula is C16H22FN3O3. The number of rotatable bonds is 6. The van der Waals surface area contributed by atoms with Crippen molar-refractivity contribution >= 4 is 11.8 Å². The Morgan fingerprint density at radius 2 is 2.13 bits per heavy atom. The molecule has 0 bridgehead atoms. The summed E-state index contributed by atoms with van der Waals surface area (Å²) in [6.07, 6.45) is 0.523. The highest BCUT2D eigenvalue weighted by molar-refractivity contribution is 5.82. The van der Waals surface area contributed by atoms with Crippen molar-refractivity contribution in [1.29, 1.82) is 0 Å². The summed E-state index contributed by atoms with van der Waals surface area (Å²) >= 11 is 0. The van der Waals surface area contributed by atoms with Crippen LogP contribution in [0.5, 0.6) is 0 Å². The minimum atomic E-state index is -0.338. The van der Waals surface area contributed by atoms with Crippen LogP contribution in [-0.4, -0.2) is 56.1 Å². The molecule has 23 heavy (non-hydrogen) atoms. The van der Waals surface area contributed by atoms with Gasteiger partial charge in [0.15, 0.2) is 0 Å². The highest BCUT2D eigenvalue weighted by atomic mass is 19.1. The van der Waals surface area contributed by atoms with Crippen LogP contribution in [0.15, 0.2) is 24.3 Å². The van der Waals surface area contributed by atoms with Crippen molar-refractivity contribution < 1.29 is 18.7 Å². The SMILES string of the molecule is COCC(=O)N[C@H]1C[C@@H](C(=O)NCc2ccccc2F)N(C)C1. The quantitative estimate of drug-likeness (QED) is 0.789. The van der Waals surface area contributed by atoms with E-state index in [1.165, 1.54) is 13.2 Å². The Labute approximate surface area is 135 Å². The summed E-state index contributed by atoms with van der Waals surface area (Å²) in [7, 11) is 3.29. The number of amides is 2. The molecule has 1 aliphatic heterocycles. The molecule has 1 fully saturated rings. The van der Waals surface area contributed by atoms with Crippen molar-refractivity contribution in [1.82, 2.24) is 15.5 Å². The highest BCUT2D eigenvalue weighted by Crippen LogP contribution is 2.16. The molecule has 1 aromatic carbocycles. The molecule has 0 aliphatic carbocycles. The second-order valence-electron chi connectivity index (χ2n) is 5.70. The number of likely N-dealkylation sites (tertiary alicyclic amines) is 1. The third-order valence-electron chi connectivity index (χ3n) is 3.90. The van der Waals surface area contributed by atoms with Crippen molar-refractivity contribution in [2.75, 3.05) is 27.3 Å². The first-order valence-corrected chi connectivity index (χ1v) is 7.51. The number of ether oxygens (including phenoxy) is 1. The first-order chi connectivity index (χ1) is 11.0. The molecule has 1 aromatic rings. The predicted octanol–water partition coefficient (Wildman–Crippen LogP) is 0.277. The van der Waals surface area contributed by atoms with E-state index in [0.29, 0.717) is 18.5 Å². The van der Waals surface area contributed by atoms with Gasteiger partial charge in [0.05, 0.1) is 6.04 Å². The molecule has 2 rings (SSSR count). The van der Waals surface area contributed by atoms with Gasteiger partial charge in [0.25, 0.3) is 0 Å². The van der Waals surface area contributed by atoms with E-state index in [1.807, 2.05) is 11.9 Å². The van der Waals surface area contributed by atoms with Crippen LogP contribution in [0.25, 0.3) is 0 Å². The van der Waals surface area contributed by atoms with Crippen LogP contribution >= 0.6 is 0 Å². The highest BCUT2D eigenvalue weighted by Gasteiger charge is 2.34. The maximum absolute atomic E-state index is 13.6. The average molecular weight is 323 g/mol. The molecule has 0 unspecified atom stereocenters. The lowest BCUT2D eigenvalue weighted by molar-refractivity contribution is -0.126. The normalized spacial score (nSPS) is 21.2. The van der Waals surface area contributed by atoms with E-state index in [-0.39, 0.29) is 42.9 Å². The number of hydrogen-bond acceptors (Lipinski definition) is 4. The number of methoxy groups -OCH3 is 1. The lowest BCUT2D eigenvalue weighted by atomic mass is 10.1. The monoisotopic (exact) mass is 323 g/mol. The van der Waals surface area contributed by atoms with Crippen LogP contribution in [0.3, 0.4) is 0 Å². The largest absolute Gasteiger partial charge is 0.375 e. The third-order valence-corrected chi connectivity index (χ3v) is 3.90. The summed E-state index contributed by atoms with van der Waals surface area (Å²) in [5.41, 5.74) is 0.450. The lowest BCUT2D eigenvalue weighted by Crippen LogP contribution is -2.41. The molecule has 1 aliphatic rings. The molecule has 0 saturated carbocycles. The Morgan fingerprint density at radius 3 is 2.83 bits per heavy atom. The number of nitrogens with zero attached hydrogens (tertiary/aromatic N) is 1. The van der Waals surface area contributed by atoms with E-state index in [2.05, 4.69) is 10.6 Å². The topological polar surface area (TPSA) is 70.7 Å². The van der Waals surface area contributed by atoms with E-state index in [4.69, 9.17) is 4.74 Å². The first kappa shape index (κ1) is 17.4. The Balaban J connectivity index is 1.85. The smallest absolute Gasteiger partial charge is 0.246 e. The molecule has 2 atom stereocenters. The number of halogens is 1. The maximum atomic E-state index is 13.6. The van der Waals surface area contributed by atoms with E-state index in [0.717, 1.165) is 0 Å².